The zero-order valence-corrected chi connectivity index (χ0v) is 42.4. The van der Waals surface area contributed by atoms with Crippen molar-refractivity contribution in [2.45, 2.75) is 144 Å². The van der Waals surface area contributed by atoms with Gasteiger partial charge in [-0.3, -0.25) is 4.57 Å². The van der Waals surface area contributed by atoms with Crippen molar-refractivity contribution in [3.63, 3.8) is 0 Å². The first-order chi connectivity index (χ1) is 25.8. The summed E-state index contributed by atoms with van der Waals surface area (Å²) < 4.78 is 50.8. The summed E-state index contributed by atoms with van der Waals surface area (Å²) in [5.41, 5.74) is 4.43. The normalized spacial score (nSPS) is 13.6. The minimum atomic E-state index is -3.91. The predicted molar refractivity (Wildman–Crippen MR) is 234 cm³/mol. The fourth-order valence-corrected chi connectivity index (χ4v) is 9.12. The van der Waals surface area contributed by atoms with Crippen LogP contribution in [0, 0.1) is 0 Å². The van der Waals surface area contributed by atoms with Crippen LogP contribution in [0.15, 0.2) is 48.5 Å². The number of phenolic OH excluding ortho intramolecular Hbond substituents is 3. The van der Waals surface area contributed by atoms with Crippen molar-refractivity contribution in [1.82, 2.24) is 0 Å². The molecular formula is C43H68CaO11P3+. The van der Waals surface area contributed by atoms with E-state index in [2.05, 4.69) is 41.5 Å². The van der Waals surface area contributed by atoms with Crippen LogP contribution in [0.3, 0.4) is 0 Å². The fourth-order valence-electron chi connectivity index (χ4n) is 5.82. The summed E-state index contributed by atoms with van der Waals surface area (Å²) in [7, 11) is -9.46. The van der Waals surface area contributed by atoms with Gasteiger partial charge in [0.05, 0.1) is 26.0 Å². The van der Waals surface area contributed by atoms with E-state index in [0.717, 1.165) is 27.8 Å². The van der Waals surface area contributed by atoms with E-state index < -0.39 is 23.2 Å². The van der Waals surface area contributed by atoms with Crippen LogP contribution in [-0.4, -0.2) is 72.9 Å². The molecule has 3 aromatic carbocycles. The Labute approximate surface area is 379 Å². The average Bonchev–Trinajstić information content (AvgIpc) is 3.02. The van der Waals surface area contributed by atoms with E-state index in [1.165, 1.54) is 12.1 Å². The molecule has 0 heterocycles. The van der Waals surface area contributed by atoms with Gasteiger partial charge in [0.15, 0.2) is 6.16 Å². The van der Waals surface area contributed by atoms with Crippen LogP contribution < -0.4 is 9.79 Å². The molecule has 0 radical (unpaired) electrons. The van der Waals surface area contributed by atoms with Gasteiger partial charge in [-0.2, -0.15) is 0 Å². The number of phenols is 3. The number of aromatic hydroxyl groups is 3. The van der Waals surface area contributed by atoms with Crippen molar-refractivity contribution in [1.29, 1.82) is 0 Å². The standard InChI is InChI=1S/C19H33O4P.C17H29O4P.C7H7O3P.Ca/c1-9-22-24(21,23-10-2)13-14-11-15(18(3,4)5)17(20)16(12-14)19(6,7)8;1-8-21-22(19,20)11-12-9-13(16(2,3)4)15(18)14(10-12)17(5,6)7;8-7-3-1-6(2-4-7)5-11(9)10;/h11-12,20H,9-10,13H2,1-8H3;9-10,18H,8,11H2,1-7H3,(H,19,20);1-4,8H,5H2;/q;;;+2/p-1. The molecule has 2 unspecified atom stereocenters. The summed E-state index contributed by atoms with van der Waals surface area (Å²) in [5, 5.41) is 30.2. The Kier molecular flexibility index (Phi) is 22.7. The van der Waals surface area contributed by atoms with Gasteiger partial charge in [-0.05, 0) is 93.5 Å². The molecule has 0 spiro atoms. The summed E-state index contributed by atoms with van der Waals surface area (Å²) >= 11 is 0. The molecule has 3 aromatic rings. The zero-order chi connectivity index (χ0) is 44.4. The second kappa shape index (κ2) is 23.2. The van der Waals surface area contributed by atoms with Gasteiger partial charge < -0.3 is 43.2 Å². The Balaban J connectivity index is 0.000000884. The first kappa shape index (κ1) is 56.7. The molecule has 0 aromatic heterocycles. The zero-order valence-electron chi connectivity index (χ0n) is 37.5. The molecule has 0 aliphatic rings. The molecule has 3 N–H and O–H groups in total. The SMILES string of the molecule is CCOP(=O)(Cc1cc(C(C)(C)C)c(O)c(C(C)(C)C)c1)OCC.CCOP(=O)([O-])Cc1cc(C(C)(C)C)c(O)c(C(C)(C)C)c1.O=[P+]([O-])Cc1ccc(O)cc1.[Ca+2]. The van der Waals surface area contributed by atoms with E-state index in [4.69, 9.17) is 18.7 Å². The van der Waals surface area contributed by atoms with Gasteiger partial charge in [0.2, 0.25) is 0 Å². The third-order valence-electron chi connectivity index (χ3n) is 8.55. The maximum atomic E-state index is 12.9. The van der Waals surface area contributed by atoms with Crippen LogP contribution in [0.4, 0.5) is 0 Å². The quantitative estimate of drug-likeness (QED) is 0.116. The first-order valence-corrected chi connectivity index (χ1v) is 24.1. The van der Waals surface area contributed by atoms with Gasteiger partial charge in [-0.15, -0.1) is 0 Å². The number of hydrogen-bond acceptors (Lipinski definition) is 11. The van der Waals surface area contributed by atoms with Gasteiger partial charge in [0.25, 0.3) is 0 Å². The van der Waals surface area contributed by atoms with Crippen molar-refractivity contribution in [2.24, 2.45) is 0 Å². The summed E-state index contributed by atoms with van der Waals surface area (Å²) in [4.78, 5) is 22.2. The summed E-state index contributed by atoms with van der Waals surface area (Å²) in [5.74, 6) is 0.720. The molecule has 322 valence electrons. The van der Waals surface area contributed by atoms with E-state index in [1.807, 2.05) is 67.5 Å². The van der Waals surface area contributed by atoms with Crippen molar-refractivity contribution < 1.29 is 52.4 Å². The third-order valence-corrected chi connectivity index (χ3v) is 12.6. The van der Waals surface area contributed by atoms with Crippen molar-refractivity contribution in [3.8, 4) is 17.2 Å². The second-order valence-corrected chi connectivity index (χ2v) is 22.9. The molecule has 0 aliphatic carbocycles. The minimum absolute atomic E-state index is 0. The van der Waals surface area contributed by atoms with E-state index in [1.54, 1.807) is 31.2 Å². The van der Waals surface area contributed by atoms with Crippen molar-refractivity contribution in [2.75, 3.05) is 19.8 Å². The van der Waals surface area contributed by atoms with Crippen LogP contribution in [0.5, 0.6) is 17.2 Å². The van der Waals surface area contributed by atoms with E-state index >= 15 is 0 Å². The Hall–Kier alpha value is -1.32. The van der Waals surface area contributed by atoms with Crippen LogP contribution in [-0.2, 0) is 67.4 Å². The molecule has 15 heteroatoms. The maximum Gasteiger partial charge on any atom is 2.00 e. The predicted octanol–water partition coefficient (Wildman–Crippen LogP) is 10.4. The molecule has 11 nitrogen and oxygen atoms in total. The second-order valence-electron chi connectivity index (χ2n) is 18.0. The van der Waals surface area contributed by atoms with Crippen molar-refractivity contribution >= 4 is 61.0 Å². The molecule has 0 saturated heterocycles. The Morgan fingerprint density at radius 2 is 0.879 bits per heavy atom. The van der Waals surface area contributed by atoms with Gasteiger partial charge in [0, 0.05) is 6.16 Å². The van der Waals surface area contributed by atoms with Crippen LogP contribution in [0.25, 0.3) is 0 Å². The van der Waals surface area contributed by atoms with Crippen molar-refractivity contribution in [3.05, 3.63) is 87.5 Å². The minimum Gasteiger partial charge on any atom is -0.778 e. The van der Waals surface area contributed by atoms with E-state index in [0.29, 0.717) is 30.1 Å². The molecule has 2 atom stereocenters. The molecule has 3 rings (SSSR count). The molecule has 58 heavy (non-hydrogen) atoms. The van der Waals surface area contributed by atoms with E-state index in [9.17, 15) is 33.7 Å². The summed E-state index contributed by atoms with van der Waals surface area (Å²) in [6, 6.07) is 13.5. The molecule has 0 aliphatic heterocycles. The smallest absolute Gasteiger partial charge is 0.778 e. The molecule has 0 saturated carbocycles. The third kappa shape index (κ3) is 19.2. The first-order valence-electron chi connectivity index (χ1n) is 19.3. The van der Waals surface area contributed by atoms with E-state index in [-0.39, 0.29) is 96.0 Å². The van der Waals surface area contributed by atoms with Crippen LogP contribution in [0.1, 0.15) is 143 Å². The topological polar surface area (TPSA) is 186 Å². The molecule has 0 bridgehead atoms. The summed E-state index contributed by atoms with van der Waals surface area (Å²) in [6.07, 6.45) is 0.0873. The van der Waals surface area contributed by atoms with Gasteiger partial charge in [0.1, 0.15) is 24.8 Å². The molecule has 0 fully saturated rings. The summed E-state index contributed by atoms with van der Waals surface area (Å²) in [6.45, 7) is 30.4. The fraction of sp³-hybridized carbons (Fsp3) is 0.581. The number of rotatable bonds is 12. The average molecular weight is 894 g/mol. The largest absolute Gasteiger partial charge is 2.00 e. The number of benzene rings is 3. The number of hydrogen-bond donors (Lipinski definition) is 3. The Morgan fingerprint density at radius 3 is 1.16 bits per heavy atom. The Bertz CT molecular complexity index is 1790. The molecule has 0 amide bonds. The Morgan fingerprint density at radius 1 is 0.569 bits per heavy atom. The van der Waals surface area contributed by atoms with Crippen LogP contribution >= 0.6 is 23.2 Å². The van der Waals surface area contributed by atoms with Gasteiger partial charge in [-0.1, -0.05) is 124 Å². The maximum absolute atomic E-state index is 12.9. The van der Waals surface area contributed by atoms with Gasteiger partial charge in [-0.25, -0.2) is 0 Å². The molecular weight excluding hydrogens is 825 g/mol. The van der Waals surface area contributed by atoms with Gasteiger partial charge >= 0.3 is 53.4 Å². The van der Waals surface area contributed by atoms with Crippen LogP contribution in [0.2, 0.25) is 0 Å². The monoisotopic (exact) mass is 893 g/mol.